The van der Waals surface area contributed by atoms with Crippen LogP contribution in [0.25, 0.3) is 0 Å². The summed E-state index contributed by atoms with van der Waals surface area (Å²) in [7, 11) is 1.55. The lowest BCUT2D eigenvalue weighted by Gasteiger charge is -2.20. The summed E-state index contributed by atoms with van der Waals surface area (Å²) in [6, 6.07) is 5.19. The number of ether oxygens (including phenoxy) is 1. The van der Waals surface area contributed by atoms with Gasteiger partial charge in [-0.05, 0) is 48.0 Å². The Labute approximate surface area is 110 Å². The first-order valence-electron chi connectivity index (χ1n) is 5.03. The van der Waals surface area contributed by atoms with Gasteiger partial charge in [-0.25, -0.2) is 0 Å². The van der Waals surface area contributed by atoms with Crippen LogP contribution in [0.15, 0.2) is 22.7 Å². The number of hydrogen-bond acceptors (Lipinski definition) is 2. The van der Waals surface area contributed by atoms with Crippen molar-refractivity contribution in [2.75, 3.05) is 7.11 Å². The van der Waals surface area contributed by atoms with Gasteiger partial charge in [0.25, 0.3) is 5.91 Å². The smallest absolute Gasteiger partial charge is 0.253 e. The van der Waals surface area contributed by atoms with E-state index < -0.39 is 5.54 Å². The monoisotopic (exact) mass is 295 g/mol. The van der Waals surface area contributed by atoms with E-state index in [1.807, 2.05) is 0 Å². The SMILES string of the molecule is C#CC(C)(C)NC(=O)c1cc(OC)ccc1Br. The Kier molecular flexibility index (Phi) is 4.19. The van der Waals surface area contributed by atoms with Gasteiger partial charge in [0.1, 0.15) is 5.75 Å². The lowest BCUT2D eigenvalue weighted by molar-refractivity contribution is 0.0928. The first kappa shape index (κ1) is 13.6. The Morgan fingerprint density at radius 2 is 2.18 bits per heavy atom. The molecule has 0 spiro atoms. The molecule has 0 unspecified atom stereocenters. The molecule has 0 aliphatic rings. The van der Waals surface area contributed by atoms with Crippen molar-refractivity contribution in [2.45, 2.75) is 19.4 Å². The third-order valence-corrected chi connectivity index (χ3v) is 2.90. The maximum atomic E-state index is 12.0. The fourth-order valence-corrected chi connectivity index (χ4v) is 1.62. The second-order valence-electron chi connectivity index (χ2n) is 4.07. The Hall–Kier alpha value is -1.47. The highest BCUT2D eigenvalue weighted by Gasteiger charge is 2.20. The Bertz CT molecular complexity index is 475. The third-order valence-electron chi connectivity index (χ3n) is 2.21. The van der Waals surface area contributed by atoms with E-state index in [0.29, 0.717) is 15.8 Å². The normalized spacial score (nSPS) is 10.5. The number of halogens is 1. The van der Waals surface area contributed by atoms with Crippen LogP contribution in [0.3, 0.4) is 0 Å². The number of amides is 1. The molecule has 1 aromatic carbocycles. The molecule has 4 heteroatoms. The minimum absolute atomic E-state index is 0.237. The molecule has 0 heterocycles. The molecule has 90 valence electrons. The second-order valence-corrected chi connectivity index (χ2v) is 4.92. The first-order valence-corrected chi connectivity index (χ1v) is 5.83. The number of nitrogens with one attached hydrogen (secondary N) is 1. The van der Waals surface area contributed by atoms with Crippen molar-refractivity contribution in [1.82, 2.24) is 5.32 Å². The molecule has 0 fully saturated rings. The van der Waals surface area contributed by atoms with Crippen LogP contribution < -0.4 is 10.1 Å². The zero-order chi connectivity index (χ0) is 13.1. The topological polar surface area (TPSA) is 38.3 Å². The number of carbonyl (C=O) groups is 1. The number of methoxy groups -OCH3 is 1. The van der Waals surface area contributed by atoms with Crippen molar-refractivity contribution >= 4 is 21.8 Å². The molecular formula is C13H14BrNO2. The van der Waals surface area contributed by atoms with Gasteiger partial charge < -0.3 is 10.1 Å². The van der Waals surface area contributed by atoms with Gasteiger partial charge in [-0.3, -0.25) is 4.79 Å². The standard InChI is InChI=1S/C13H14BrNO2/c1-5-13(2,3)15-12(16)10-8-9(17-4)6-7-11(10)14/h1,6-8H,2-4H3,(H,15,16). The van der Waals surface area contributed by atoms with Gasteiger partial charge in [0.05, 0.1) is 18.2 Å². The average Bonchev–Trinajstić information content (AvgIpc) is 2.29. The van der Waals surface area contributed by atoms with E-state index in [2.05, 4.69) is 27.2 Å². The fourth-order valence-electron chi connectivity index (χ4n) is 1.19. The molecule has 0 atom stereocenters. The molecule has 1 amide bonds. The quantitative estimate of drug-likeness (QED) is 0.871. The Morgan fingerprint density at radius 1 is 1.53 bits per heavy atom. The van der Waals surface area contributed by atoms with Gasteiger partial charge >= 0.3 is 0 Å². The summed E-state index contributed by atoms with van der Waals surface area (Å²) in [5, 5.41) is 2.75. The van der Waals surface area contributed by atoms with Gasteiger partial charge in [-0.2, -0.15) is 0 Å². The van der Waals surface area contributed by atoms with E-state index >= 15 is 0 Å². The molecule has 3 nitrogen and oxygen atoms in total. The van der Waals surface area contributed by atoms with Gasteiger partial charge in [-0.1, -0.05) is 5.92 Å². The summed E-state index contributed by atoms with van der Waals surface area (Å²) in [4.78, 5) is 12.0. The number of benzene rings is 1. The predicted molar refractivity (Wildman–Crippen MR) is 71.1 cm³/mol. The maximum Gasteiger partial charge on any atom is 0.253 e. The van der Waals surface area contributed by atoms with E-state index in [1.54, 1.807) is 39.2 Å². The summed E-state index contributed by atoms with van der Waals surface area (Å²) >= 11 is 3.32. The fraction of sp³-hybridized carbons (Fsp3) is 0.308. The van der Waals surface area contributed by atoms with E-state index in [1.165, 1.54) is 0 Å². The zero-order valence-electron chi connectivity index (χ0n) is 10.0. The lowest BCUT2D eigenvalue weighted by atomic mass is 10.1. The summed E-state index contributed by atoms with van der Waals surface area (Å²) in [5.74, 6) is 2.90. The molecule has 0 radical (unpaired) electrons. The number of hydrogen-bond donors (Lipinski definition) is 1. The highest BCUT2D eigenvalue weighted by molar-refractivity contribution is 9.10. The molecule has 1 N–H and O–H groups in total. The van der Waals surface area contributed by atoms with Gasteiger partial charge in [0, 0.05) is 4.47 Å². The van der Waals surface area contributed by atoms with Crippen molar-refractivity contribution in [3.63, 3.8) is 0 Å². The van der Waals surface area contributed by atoms with Crippen LogP contribution in [0.1, 0.15) is 24.2 Å². The number of terminal acetylenes is 1. The van der Waals surface area contributed by atoms with Gasteiger partial charge in [0.15, 0.2) is 0 Å². The zero-order valence-corrected chi connectivity index (χ0v) is 11.6. The van der Waals surface area contributed by atoms with E-state index in [0.717, 1.165) is 0 Å². The van der Waals surface area contributed by atoms with Crippen LogP contribution in [0.2, 0.25) is 0 Å². The summed E-state index contributed by atoms with van der Waals surface area (Å²) in [5.41, 5.74) is -0.188. The molecule has 17 heavy (non-hydrogen) atoms. The van der Waals surface area contributed by atoms with Gasteiger partial charge in [-0.15, -0.1) is 6.42 Å². The van der Waals surface area contributed by atoms with Crippen LogP contribution in [-0.4, -0.2) is 18.6 Å². The molecular weight excluding hydrogens is 282 g/mol. The Balaban J connectivity index is 3.01. The van der Waals surface area contributed by atoms with Crippen molar-refractivity contribution < 1.29 is 9.53 Å². The molecule has 0 aromatic heterocycles. The highest BCUT2D eigenvalue weighted by Crippen LogP contribution is 2.22. The van der Waals surface area contributed by atoms with Crippen LogP contribution in [0.4, 0.5) is 0 Å². The maximum absolute atomic E-state index is 12.0. The predicted octanol–water partition coefficient (Wildman–Crippen LogP) is 2.60. The van der Waals surface area contributed by atoms with Gasteiger partial charge in [0.2, 0.25) is 0 Å². The number of carbonyl (C=O) groups excluding carboxylic acids is 1. The number of rotatable bonds is 3. The summed E-state index contributed by atoms with van der Waals surface area (Å²) in [6.45, 7) is 3.53. The lowest BCUT2D eigenvalue weighted by Crippen LogP contribution is -2.42. The van der Waals surface area contributed by atoms with Crippen molar-refractivity contribution in [1.29, 1.82) is 0 Å². The van der Waals surface area contributed by atoms with Crippen LogP contribution >= 0.6 is 15.9 Å². The van der Waals surface area contributed by atoms with Crippen LogP contribution in [0.5, 0.6) is 5.75 Å². The largest absolute Gasteiger partial charge is 0.497 e. The minimum atomic E-state index is -0.681. The van der Waals surface area contributed by atoms with E-state index in [-0.39, 0.29) is 5.91 Å². The molecule has 0 aliphatic carbocycles. The molecule has 1 rings (SSSR count). The molecule has 0 saturated heterocycles. The van der Waals surface area contributed by atoms with Crippen molar-refractivity contribution in [2.24, 2.45) is 0 Å². The van der Waals surface area contributed by atoms with Crippen LogP contribution in [0, 0.1) is 12.3 Å². The minimum Gasteiger partial charge on any atom is -0.497 e. The second kappa shape index (κ2) is 5.24. The van der Waals surface area contributed by atoms with E-state index in [4.69, 9.17) is 11.2 Å². The Morgan fingerprint density at radius 3 is 2.71 bits per heavy atom. The third kappa shape index (κ3) is 3.50. The average molecular weight is 296 g/mol. The van der Waals surface area contributed by atoms with Crippen molar-refractivity contribution in [3.8, 4) is 18.1 Å². The molecule has 1 aromatic rings. The summed E-state index contributed by atoms with van der Waals surface area (Å²) in [6.07, 6.45) is 5.33. The summed E-state index contributed by atoms with van der Waals surface area (Å²) < 4.78 is 5.77. The van der Waals surface area contributed by atoms with Crippen LogP contribution in [-0.2, 0) is 0 Å². The highest BCUT2D eigenvalue weighted by atomic mass is 79.9. The molecule has 0 bridgehead atoms. The molecule has 0 saturated carbocycles. The first-order chi connectivity index (χ1) is 7.89. The van der Waals surface area contributed by atoms with Crippen molar-refractivity contribution in [3.05, 3.63) is 28.2 Å². The molecule has 0 aliphatic heterocycles. The van der Waals surface area contributed by atoms with E-state index in [9.17, 15) is 4.79 Å².